The second-order valence-corrected chi connectivity index (χ2v) is 5.51. The fourth-order valence-electron chi connectivity index (χ4n) is 2.37. The number of rotatable bonds is 4. The highest BCUT2D eigenvalue weighted by molar-refractivity contribution is 5.82. The van der Waals surface area contributed by atoms with Crippen LogP contribution in [0.1, 0.15) is 31.7 Å². The molecule has 1 amide bonds. The molecule has 0 spiro atoms. The minimum Gasteiger partial charge on any atom is -0.355 e. The van der Waals surface area contributed by atoms with Gasteiger partial charge in [0.15, 0.2) is 0 Å². The molecule has 0 aromatic heterocycles. The zero-order valence-electron chi connectivity index (χ0n) is 11.2. The Labute approximate surface area is 109 Å². The summed E-state index contributed by atoms with van der Waals surface area (Å²) in [5.74, 6) is 0.531. The lowest BCUT2D eigenvalue weighted by atomic mass is 9.88. The summed E-state index contributed by atoms with van der Waals surface area (Å²) in [5.41, 5.74) is 1.05. The third-order valence-electron chi connectivity index (χ3n) is 3.85. The Bertz CT molecular complexity index is 396. The summed E-state index contributed by atoms with van der Waals surface area (Å²) >= 11 is 0. The Hall–Kier alpha value is -1.35. The standard InChI is InChI=1S/C15H22N2O/c1-12(13-6-4-3-5-7-13)10-17-14(18)15(2)8-9-16-11-15/h3-7,12,16H,8-11H2,1-2H3,(H,17,18). The van der Waals surface area contributed by atoms with E-state index in [2.05, 4.69) is 29.7 Å². The first-order valence-electron chi connectivity index (χ1n) is 6.66. The van der Waals surface area contributed by atoms with E-state index >= 15 is 0 Å². The maximum atomic E-state index is 12.2. The molecule has 3 nitrogen and oxygen atoms in total. The molecule has 2 N–H and O–H groups in total. The number of hydrogen-bond acceptors (Lipinski definition) is 2. The molecule has 2 atom stereocenters. The molecule has 1 aromatic rings. The molecule has 0 bridgehead atoms. The van der Waals surface area contributed by atoms with Crippen molar-refractivity contribution in [3.8, 4) is 0 Å². The van der Waals surface area contributed by atoms with E-state index in [1.807, 2.05) is 25.1 Å². The summed E-state index contributed by atoms with van der Waals surface area (Å²) in [4.78, 5) is 12.2. The molecule has 1 aliphatic heterocycles. The summed E-state index contributed by atoms with van der Waals surface area (Å²) in [5, 5.41) is 6.34. The van der Waals surface area contributed by atoms with Crippen molar-refractivity contribution in [3.05, 3.63) is 35.9 Å². The van der Waals surface area contributed by atoms with Gasteiger partial charge in [-0.1, -0.05) is 37.3 Å². The second kappa shape index (κ2) is 5.53. The van der Waals surface area contributed by atoms with E-state index in [4.69, 9.17) is 0 Å². The van der Waals surface area contributed by atoms with Crippen molar-refractivity contribution in [2.45, 2.75) is 26.2 Å². The molecule has 0 radical (unpaired) electrons. The van der Waals surface area contributed by atoms with Crippen LogP contribution in [-0.2, 0) is 4.79 Å². The molecule has 0 saturated carbocycles. The van der Waals surface area contributed by atoms with Gasteiger partial charge in [0, 0.05) is 13.1 Å². The summed E-state index contributed by atoms with van der Waals surface area (Å²) in [6.45, 7) is 6.62. The zero-order valence-corrected chi connectivity index (χ0v) is 11.2. The van der Waals surface area contributed by atoms with Crippen LogP contribution in [0.4, 0.5) is 0 Å². The molecule has 1 heterocycles. The van der Waals surface area contributed by atoms with Gasteiger partial charge in [0.2, 0.25) is 5.91 Å². The first-order chi connectivity index (χ1) is 8.62. The molecule has 3 heteroatoms. The molecule has 1 saturated heterocycles. The first kappa shape index (κ1) is 13.1. The SMILES string of the molecule is CC(CNC(=O)C1(C)CCNC1)c1ccccc1. The lowest BCUT2D eigenvalue weighted by Crippen LogP contribution is -2.41. The quantitative estimate of drug-likeness (QED) is 0.852. The van der Waals surface area contributed by atoms with E-state index in [0.29, 0.717) is 12.5 Å². The monoisotopic (exact) mass is 246 g/mol. The van der Waals surface area contributed by atoms with Gasteiger partial charge in [0.25, 0.3) is 0 Å². The number of carbonyl (C=O) groups excluding carboxylic acids is 1. The van der Waals surface area contributed by atoms with Crippen molar-refractivity contribution >= 4 is 5.91 Å². The van der Waals surface area contributed by atoms with Crippen LogP contribution < -0.4 is 10.6 Å². The van der Waals surface area contributed by atoms with Crippen LogP contribution in [0.15, 0.2) is 30.3 Å². The molecule has 1 aromatic carbocycles. The van der Waals surface area contributed by atoms with Crippen molar-refractivity contribution in [1.82, 2.24) is 10.6 Å². The number of hydrogen-bond donors (Lipinski definition) is 2. The van der Waals surface area contributed by atoms with E-state index < -0.39 is 0 Å². The van der Waals surface area contributed by atoms with Crippen molar-refractivity contribution < 1.29 is 4.79 Å². The topological polar surface area (TPSA) is 41.1 Å². The fraction of sp³-hybridized carbons (Fsp3) is 0.533. The highest BCUT2D eigenvalue weighted by Gasteiger charge is 2.36. The zero-order chi connectivity index (χ0) is 13.0. The van der Waals surface area contributed by atoms with Crippen LogP contribution in [0, 0.1) is 5.41 Å². The van der Waals surface area contributed by atoms with Crippen LogP contribution in [0.2, 0.25) is 0 Å². The Kier molecular flexibility index (Phi) is 4.02. The summed E-state index contributed by atoms with van der Waals surface area (Å²) < 4.78 is 0. The second-order valence-electron chi connectivity index (χ2n) is 5.51. The number of amides is 1. The van der Waals surface area contributed by atoms with Gasteiger partial charge in [-0.15, -0.1) is 0 Å². The van der Waals surface area contributed by atoms with E-state index in [1.54, 1.807) is 0 Å². The third kappa shape index (κ3) is 2.91. The van der Waals surface area contributed by atoms with Gasteiger partial charge in [-0.05, 0) is 31.4 Å². The average Bonchev–Trinajstić information content (AvgIpc) is 2.85. The van der Waals surface area contributed by atoms with Crippen LogP contribution in [0.25, 0.3) is 0 Å². The van der Waals surface area contributed by atoms with Gasteiger partial charge in [-0.25, -0.2) is 0 Å². The van der Waals surface area contributed by atoms with Gasteiger partial charge in [-0.2, -0.15) is 0 Å². The van der Waals surface area contributed by atoms with E-state index in [-0.39, 0.29) is 11.3 Å². The third-order valence-corrected chi connectivity index (χ3v) is 3.85. The molecule has 1 fully saturated rings. The lowest BCUT2D eigenvalue weighted by molar-refractivity contribution is -0.129. The Morgan fingerprint density at radius 2 is 2.17 bits per heavy atom. The summed E-state index contributed by atoms with van der Waals surface area (Å²) in [6.07, 6.45) is 0.929. The average molecular weight is 246 g/mol. The molecule has 2 unspecified atom stereocenters. The van der Waals surface area contributed by atoms with E-state index in [0.717, 1.165) is 19.5 Å². The predicted molar refractivity (Wildman–Crippen MR) is 73.5 cm³/mol. The van der Waals surface area contributed by atoms with Gasteiger partial charge < -0.3 is 10.6 Å². The largest absolute Gasteiger partial charge is 0.355 e. The Balaban J connectivity index is 1.86. The number of nitrogens with one attached hydrogen (secondary N) is 2. The number of carbonyl (C=O) groups is 1. The smallest absolute Gasteiger partial charge is 0.227 e. The van der Waals surface area contributed by atoms with Crippen molar-refractivity contribution in [1.29, 1.82) is 0 Å². The molecular weight excluding hydrogens is 224 g/mol. The van der Waals surface area contributed by atoms with Crippen LogP contribution in [0.5, 0.6) is 0 Å². The fourth-order valence-corrected chi connectivity index (χ4v) is 2.37. The molecule has 18 heavy (non-hydrogen) atoms. The van der Waals surface area contributed by atoms with Crippen LogP contribution >= 0.6 is 0 Å². The molecule has 98 valence electrons. The van der Waals surface area contributed by atoms with Crippen molar-refractivity contribution in [2.75, 3.05) is 19.6 Å². The normalized spacial score (nSPS) is 24.8. The molecule has 0 aliphatic carbocycles. The van der Waals surface area contributed by atoms with Gasteiger partial charge in [0.05, 0.1) is 5.41 Å². The lowest BCUT2D eigenvalue weighted by Gasteiger charge is -2.23. The summed E-state index contributed by atoms with van der Waals surface area (Å²) in [7, 11) is 0. The highest BCUT2D eigenvalue weighted by Crippen LogP contribution is 2.24. The van der Waals surface area contributed by atoms with Gasteiger partial charge in [-0.3, -0.25) is 4.79 Å². The molecular formula is C15H22N2O. The van der Waals surface area contributed by atoms with Crippen LogP contribution in [-0.4, -0.2) is 25.5 Å². The molecule has 1 aliphatic rings. The Morgan fingerprint density at radius 1 is 1.44 bits per heavy atom. The Morgan fingerprint density at radius 3 is 2.78 bits per heavy atom. The van der Waals surface area contributed by atoms with Crippen molar-refractivity contribution in [3.63, 3.8) is 0 Å². The van der Waals surface area contributed by atoms with E-state index in [1.165, 1.54) is 5.56 Å². The van der Waals surface area contributed by atoms with E-state index in [9.17, 15) is 4.79 Å². The maximum Gasteiger partial charge on any atom is 0.227 e. The van der Waals surface area contributed by atoms with Crippen molar-refractivity contribution in [2.24, 2.45) is 5.41 Å². The van der Waals surface area contributed by atoms with Gasteiger partial charge in [0.1, 0.15) is 0 Å². The minimum atomic E-state index is -0.226. The first-order valence-corrected chi connectivity index (χ1v) is 6.66. The van der Waals surface area contributed by atoms with Crippen LogP contribution in [0.3, 0.4) is 0 Å². The van der Waals surface area contributed by atoms with Gasteiger partial charge >= 0.3 is 0 Å². The maximum absolute atomic E-state index is 12.2. The summed E-state index contributed by atoms with van der Waals surface area (Å²) in [6, 6.07) is 10.3. The predicted octanol–water partition coefficient (Wildman–Crippen LogP) is 1.91. The molecule has 2 rings (SSSR count). The highest BCUT2D eigenvalue weighted by atomic mass is 16.2. The number of benzene rings is 1. The minimum absolute atomic E-state index is 0.176.